The van der Waals surface area contributed by atoms with Crippen molar-refractivity contribution in [3.63, 3.8) is 0 Å². The van der Waals surface area contributed by atoms with Crippen LogP contribution in [0.1, 0.15) is 36.0 Å². The maximum atomic E-state index is 13.0. The van der Waals surface area contributed by atoms with E-state index in [0.717, 1.165) is 12.8 Å². The van der Waals surface area contributed by atoms with Crippen molar-refractivity contribution in [1.29, 1.82) is 0 Å². The molecule has 24 heavy (non-hydrogen) atoms. The van der Waals surface area contributed by atoms with Crippen LogP contribution in [0.15, 0.2) is 35.1 Å². The molecule has 128 valence electrons. The Kier molecular flexibility index (Phi) is 4.80. The molecule has 3 rings (SSSR count). The monoisotopic (exact) mass is 333 g/mol. The molecule has 1 heterocycles. The second kappa shape index (κ2) is 7.00. The summed E-state index contributed by atoms with van der Waals surface area (Å²) >= 11 is 0. The summed E-state index contributed by atoms with van der Waals surface area (Å²) in [6.45, 7) is 2.22. The van der Waals surface area contributed by atoms with E-state index in [4.69, 9.17) is 4.42 Å². The lowest BCUT2D eigenvalue weighted by Crippen LogP contribution is -2.43. The fourth-order valence-electron chi connectivity index (χ4n) is 2.52. The molecule has 1 saturated carbocycles. The number of oxazole rings is 1. The number of nitrogens with one attached hydrogen (secondary N) is 1. The van der Waals surface area contributed by atoms with Crippen LogP contribution in [0, 0.1) is 12.7 Å². The summed E-state index contributed by atoms with van der Waals surface area (Å²) in [5, 5.41) is 13.1. The Morgan fingerprint density at radius 1 is 1.46 bits per heavy atom. The standard InChI is InChI=1S/C17H20FN3O3/c1-11-15(20-10-24-11)8-19-17(23)21(14-6-7-14)9-16(22)12-2-4-13(18)5-3-12/h2-5,10,14,16,22H,6-9H2,1H3,(H,19,23). The second-order valence-corrected chi connectivity index (χ2v) is 5.96. The molecule has 0 radical (unpaired) electrons. The number of nitrogens with zero attached hydrogens (tertiary/aromatic N) is 2. The van der Waals surface area contributed by atoms with Crippen LogP contribution in [0.5, 0.6) is 0 Å². The van der Waals surface area contributed by atoms with E-state index >= 15 is 0 Å². The van der Waals surface area contributed by atoms with Gasteiger partial charge in [0.1, 0.15) is 17.3 Å². The molecular weight excluding hydrogens is 313 g/mol. The van der Waals surface area contributed by atoms with Crippen molar-refractivity contribution >= 4 is 6.03 Å². The Labute approximate surface area is 139 Å². The molecule has 2 N–H and O–H groups in total. The van der Waals surface area contributed by atoms with Crippen molar-refractivity contribution in [1.82, 2.24) is 15.2 Å². The van der Waals surface area contributed by atoms with Crippen LogP contribution >= 0.6 is 0 Å². The molecule has 1 aliphatic carbocycles. The number of rotatable bonds is 6. The minimum Gasteiger partial charge on any atom is -0.448 e. The molecule has 0 bridgehead atoms. The van der Waals surface area contributed by atoms with Gasteiger partial charge in [0.15, 0.2) is 6.39 Å². The zero-order valence-corrected chi connectivity index (χ0v) is 13.4. The van der Waals surface area contributed by atoms with Crippen LogP contribution in [0.4, 0.5) is 9.18 Å². The van der Waals surface area contributed by atoms with Crippen LogP contribution in [0.3, 0.4) is 0 Å². The topological polar surface area (TPSA) is 78.6 Å². The fourth-order valence-corrected chi connectivity index (χ4v) is 2.52. The van der Waals surface area contributed by atoms with Gasteiger partial charge in [0.2, 0.25) is 0 Å². The average molecular weight is 333 g/mol. The number of aryl methyl sites for hydroxylation is 1. The quantitative estimate of drug-likeness (QED) is 0.851. The summed E-state index contributed by atoms with van der Waals surface area (Å²) < 4.78 is 18.1. The zero-order chi connectivity index (χ0) is 17.1. The van der Waals surface area contributed by atoms with Crippen molar-refractivity contribution in [3.05, 3.63) is 53.5 Å². The number of aromatic nitrogens is 1. The largest absolute Gasteiger partial charge is 0.448 e. The van der Waals surface area contributed by atoms with Crippen LogP contribution < -0.4 is 5.32 Å². The van der Waals surface area contributed by atoms with Gasteiger partial charge in [-0.1, -0.05) is 12.1 Å². The molecule has 6 nitrogen and oxygen atoms in total. The van der Waals surface area contributed by atoms with Gasteiger partial charge in [0.05, 0.1) is 19.2 Å². The molecule has 7 heteroatoms. The Hall–Kier alpha value is -2.41. The summed E-state index contributed by atoms with van der Waals surface area (Å²) in [7, 11) is 0. The molecule has 2 aromatic rings. The van der Waals surface area contributed by atoms with Crippen LogP contribution in [0.25, 0.3) is 0 Å². The van der Waals surface area contributed by atoms with Crippen molar-refractivity contribution in [2.45, 2.75) is 38.5 Å². The number of carbonyl (C=O) groups excluding carboxylic acids is 1. The molecule has 0 saturated heterocycles. The van der Waals surface area contributed by atoms with Gasteiger partial charge in [-0.2, -0.15) is 0 Å². The summed E-state index contributed by atoms with van der Waals surface area (Å²) in [5.41, 5.74) is 1.26. The molecule has 1 fully saturated rings. The predicted octanol–water partition coefficient (Wildman–Crippen LogP) is 2.53. The van der Waals surface area contributed by atoms with Gasteiger partial charge in [-0.15, -0.1) is 0 Å². The van der Waals surface area contributed by atoms with E-state index < -0.39 is 6.10 Å². The molecule has 2 amide bonds. The summed E-state index contributed by atoms with van der Waals surface area (Å²) in [5.74, 6) is 0.311. The maximum absolute atomic E-state index is 13.0. The highest BCUT2D eigenvalue weighted by molar-refractivity contribution is 5.75. The highest BCUT2D eigenvalue weighted by Gasteiger charge is 2.34. The number of aliphatic hydroxyl groups excluding tert-OH is 1. The lowest BCUT2D eigenvalue weighted by Gasteiger charge is -2.25. The molecule has 0 aliphatic heterocycles. The fraction of sp³-hybridized carbons (Fsp3) is 0.412. The highest BCUT2D eigenvalue weighted by atomic mass is 19.1. The van der Waals surface area contributed by atoms with Gasteiger partial charge in [-0.25, -0.2) is 14.2 Å². The number of aliphatic hydroxyl groups is 1. The number of benzene rings is 1. The highest BCUT2D eigenvalue weighted by Crippen LogP contribution is 2.29. The number of halogens is 1. The van der Waals surface area contributed by atoms with E-state index in [1.165, 1.54) is 30.7 Å². The van der Waals surface area contributed by atoms with E-state index in [9.17, 15) is 14.3 Å². The molecule has 1 aliphatic rings. The number of amides is 2. The first-order valence-electron chi connectivity index (χ1n) is 7.91. The zero-order valence-electron chi connectivity index (χ0n) is 13.4. The van der Waals surface area contributed by atoms with Crippen molar-refractivity contribution in [2.24, 2.45) is 0 Å². The first-order chi connectivity index (χ1) is 11.5. The van der Waals surface area contributed by atoms with Gasteiger partial charge in [-0.05, 0) is 37.5 Å². The Balaban J connectivity index is 1.60. The summed E-state index contributed by atoms with van der Waals surface area (Å²) in [4.78, 5) is 18.1. The lowest BCUT2D eigenvalue weighted by atomic mass is 10.1. The van der Waals surface area contributed by atoms with Gasteiger partial charge in [0.25, 0.3) is 0 Å². The number of urea groups is 1. The first kappa shape index (κ1) is 16.4. The molecule has 1 aromatic heterocycles. The Morgan fingerprint density at radius 2 is 2.17 bits per heavy atom. The van der Waals surface area contributed by atoms with Crippen molar-refractivity contribution in [3.8, 4) is 0 Å². The molecular formula is C17H20FN3O3. The number of carbonyl (C=O) groups is 1. The third kappa shape index (κ3) is 3.91. The third-order valence-corrected chi connectivity index (χ3v) is 4.12. The van der Waals surface area contributed by atoms with Crippen molar-refractivity contribution < 1.29 is 18.7 Å². The summed E-state index contributed by atoms with van der Waals surface area (Å²) in [6.07, 6.45) is 2.33. The van der Waals surface area contributed by atoms with Gasteiger partial charge in [-0.3, -0.25) is 0 Å². The SMILES string of the molecule is Cc1ocnc1CNC(=O)N(CC(O)c1ccc(F)cc1)C1CC1. The molecule has 1 atom stereocenters. The normalized spacial score (nSPS) is 15.1. The summed E-state index contributed by atoms with van der Waals surface area (Å²) in [6, 6.07) is 5.55. The lowest BCUT2D eigenvalue weighted by molar-refractivity contribution is 0.117. The van der Waals surface area contributed by atoms with Crippen LogP contribution in [-0.2, 0) is 6.54 Å². The molecule has 1 aromatic carbocycles. The Morgan fingerprint density at radius 3 is 2.75 bits per heavy atom. The Bertz CT molecular complexity index is 697. The van der Waals surface area contributed by atoms with Crippen LogP contribution in [0.2, 0.25) is 0 Å². The van der Waals surface area contributed by atoms with Gasteiger partial charge < -0.3 is 19.7 Å². The average Bonchev–Trinajstić information content (AvgIpc) is 3.33. The van der Waals surface area contributed by atoms with E-state index in [1.54, 1.807) is 11.8 Å². The maximum Gasteiger partial charge on any atom is 0.318 e. The predicted molar refractivity (Wildman–Crippen MR) is 84.6 cm³/mol. The molecule has 1 unspecified atom stereocenters. The minimum absolute atomic E-state index is 0.138. The van der Waals surface area contributed by atoms with Crippen molar-refractivity contribution in [2.75, 3.05) is 6.54 Å². The van der Waals surface area contributed by atoms with E-state index in [1.807, 2.05) is 0 Å². The smallest absolute Gasteiger partial charge is 0.318 e. The van der Waals surface area contributed by atoms with Gasteiger partial charge >= 0.3 is 6.03 Å². The van der Waals surface area contributed by atoms with Crippen LogP contribution in [-0.4, -0.2) is 33.6 Å². The first-order valence-corrected chi connectivity index (χ1v) is 7.91. The number of hydrogen-bond acceptors (Lipinski definition) is 4. The number of hydrogen-bond donors (Lipinski definition) is 2. The molecule has 0 spiro atoms. The minimum atomic E-state index is -0.856. The van der Waals surface area contributed by atoms with E-state index in [2.05, 4.69) is 10.3 Å². The van der Waals surface area contributed by atoms with E-state index in [-0.39, 0.29) is 31.0 Å². The van der Waals surface area contributed by atoms with Gasteiger partial charge in [0, 0.05) is 6.04 Å². The van der Waals surface area contributed by atoms with E-state index in [0.29, 0.717) is 17.0 Å². The third-order valence-electron chi connectivity index (χ3n) is 4.12. The second-order valence-electron chi connectivity index (χ2n) is 5.96.